The molecule has 260 valence electrons. The SMILES string of the molecule is c1ccc(-c2cc(-c3ccccc3)cc(C(c3cc(-c4ccccc4)cc(-c4ccccc4)c3)c3cc(-c4ccccc4)cc(-c4ccccc4)c3)c2)cc1. The van der Waals surface area contributed by atoms with E-state index in [2.05, 4.69) is 237 Å². The second-order valence-corrected chi connectivity index (χ2v) is 14.2. The van der Waals surface area contributed by atoms with Crippen molar-refractivity contribution in [3.05, 3.63) is 253 Å². The Balaban J connectivity index is 1.36. The van der Waals surface area contributed by atoms with Crippen molar-refractivity contribution in [1.82, 2.24) is 0 Å². The van der Waals surface area contributed by atoms with E-state index in [4.69, 9.17) is 0 Å². The Kier molecular flexibility index (Phi) is 9.54. The number of rotatable bonds is 9. The zero-order chi connectivity index (χ0) is 36.8. The zero-order valence-corrected chi connectivity index (χ0v) is 30.6. The fourth-order valence-electron chi connectivity index (χ4n) is 7.82. The number of hydrogen-bond donors (Lipinski definition) is 0. The summed E-state index contributed by atoms with van der Waals surface area (Å²) < 4.78 is 0. The fraction of sp³-hybridized carbons (Fsp3) is 0.0182. The molecule has 0 saturated carbocycles. The van der Waals surface area contributed by atoms with Crippen LogP contribution in [-0.4, -0.2) is 0 Å². The summed E-state index contributed by atoms with van der Waals surface area (Å²) in [6.07, 6.45) is 0. The Bertz CT molecular complexity index is 2170. The third-order valence-corrected chi connectivity index (χ3v) is 10.5. The van der Waals surface area contributed by atoms with Gasteiger partial charge in [-0.2, -0.15) is 0 Å². The van der Waals surface area contributed by atoms with Gasteiger partial charge < -0.3 is 0 Å². The van der Waals surface area contributed by atoms with Gasteiger partial charge in [-0.15, -0.1) is 0 Å². The highest BCUT2D eigenvalue weighted by molar-refractivity contribution is 5.80. The molecule has 0 aliphatic rings. The van der Waals surface area contributed by atoms with Crippen molar-refractivity contribution in [1.29, 1.82) is 0 Å². The van der Waals surface area contributed by atoms with Gasteiger partial charge in [-0.3, -0.25) is 0 Å². The second-order valence-electron chi connectivity index (χ2n) is 14.2. The third kappa shape index (κ3) is 7.45. The van der Waals surface area contributed by atoms with Gasteiger partial charge >= 0.3 is 0 Å². The first-order valence-corrected chi connectivity index (χ1v) is 19.0. The Morgan fingerprint density at radius 2 is 0.327 bits per heavy atom. The Morgan fingerprint density at radius 1 is 0.164 bits per heavy atom. The fourth-order valence-corrected chi connectivity index (χ4v) is 7.82. The van der Waals surface area contributed by atoms with Crippen molar-refractivity contribution in [3.63, 3.8) is 0 Å². The van der Waals surface area contributed by atoms with E-state index in [1.807, 2.05) is 0 Å². The van der Waals surface area contributed by atoms with Crippen molar-refractivity contribution < 1.29 is 0 Å². The van der Waals surface area contributed by atoms with Gasteiger partial charge in [0.1, 0.15) is 0 Å². The molecule has 0 unspecified atom stereocenters. The highest BCUT2D eigenvalue weighted by Crippen LogP contribution is 2.43. The summed E-state index contributed by atoms with van der Waals surface area (Å²) in [5.74, 6) is -0.0941. The summed E-state index contributed by atoms with van der Waals surface area (Å²) in [6, 6.07) is 86.3. The Hall–Kier alpha value is -7.02. The van der Waals surface area contributed by atoms with Gasteiger partial charge in [0.15, 0.2) is 0 Å². The molecule has 0 saturated heterocycles. The lowest BCUT2D eigenvalue weighted by atomic mass is 9.79. The van der Waals surface area contributed by atoms with Crippen molar-refractivity contribution in [2.75, 3.05) is 0 Å². The van der Waals surface area contributed by atoms with Crippen LogP contribution in [0.2, 0.25) is 0 Å². The summed E-state index contributed by atoms with van der Waals surface area (Å²) in [5, 5.41) is 0. The molecule has 0 radical (unpaired) electrons. The van der Waals surface area contributed by atoms with Crippen LogP contribution in [0.4, 0.5) is 0 Å². The lowest BCUT2D eigenvalue weighted by molar-refractivity contribution is 0.980. The van der Waals surface area contributed by atoms with Gasteiger partial charge in [-0.25, -0.2) is 0 Å². The maximum Gasteiger partial charge on any atom is 0.0341 e. The molecule has 0 aliphatic heterocycles. The van der Waals surface area contributed by atoms with E-state index >= 15 is 0 Å². The van der Waals surface area contributed by atoms with Crippen molar-refractivity contribution >= 4 is 0 Å². The monoisotopic (exact) mass is 700 g/mol. The normalized spacial score (nSPS) is 11.1. The topological polar surface area (TPSA) is 0 Å². The molecule has 55 heavy (non-hydrogen) atoms. The van der Waals surface area contributed by atoms with Crippen molar-refractivity contribution in [3.8, 4) is 66.8 Å². The molecule has 0 N–H and O–H groups in total. The summed E-state index contributed by atoms with van der Waals surface area (Å²) >= 11 is 0. The van der Waals surface area contributed by atoms with Crippen LogP contribution in [0.3, 0.4) is 0 Å². The lowest BCUT2D eigenvalue weighted by Gasteiger charge is -2.24. The average Bonchev–Trinajstić information content (AvgIpc) is 3.28. The molecule has 9 aromatic carbocycles. The zero-order valence-electron chi connectivity index (χ0n) is 30.6. The van der Waals surface area contributed by atoms with Crippen LogP contribution in [0.1, 0.15) is 22.6 Å². The largest absolute Gasteiger partial charge is 0.0622 e. The molecule has 0 aliphatic carbocycles. The van der Waals surface area contributed by atoms with Crippen LogP contribution in [0, 0.1) is 0 Å². The Labute approximate surface area is 324 Å². The van der Waals surface area contributed by atoms with E-state index in [9.17, 15) is 0 Å². The molecule has 0 amide bonds. The average molecular weight is 701 g/mol. The molecule has 0 heterocycles. The van der Waals surface area contributed by atoms with E-state index in [1.165, 1.54) is 83.5 Å². The maximum atomic E-state index is 2.42. The first-order valence-electron chi connectivity index (χ1n) is 19.0. The van der Waals surface area contributed by atoms with Crippen LogP contribution in [0.5, 0.6) is 0 Å². The Morgan fingerprint density at radius 3 is 0.491 bits per heavy atom. The third-order valence-electron chi connectivity index (χ3n) is 10.5. The van der Waals surface area contributed by atoms with Gasteiger partial charge in [0.2, 0.25) is 0 Å². The van der Waals surface area contributed by atoms with E-state index in [-0.39, 0.29) is 5.92 Å². The van der Waals surface area contributed by atoms with E-state index < -0.39 is 0 Å². The van der Waals surface area contributed by atoms with Gasteiger partial charge in [0, 0.05) is 5.92 Å². The van der Waals surface area contributed by atoms with Crippen molar-refractivity contribution in [2.24, 2.45) is 0 Å². The maximum absolute atomic E-state index is 2.42. The van der Waals surface area contributed by atoms with Gasteiger partial charge in [0.05, 0.1) is 0 Å². The first-order chi connectivity index (χ1) is 27.2. The van der Waals surface area contributed by atoms with E-state index in [0.29, 0.717) is 0 Å². The van der Waals surface area contributed by atoms with Crippen LogP contribution in [0.15, 0.2) is 237 Å². The van der Waals surface area contributed by atoms with E-state index in [0.717, 1.165) is 0 Å². The number of benzene rings is 9. The molecule has 0 fully saturated rings. The predicted molar refractivity (Wildman–Crippen MR) is 233 cm³/mol. The van der Waals surface area contributed by atoms with Crippen LogP contribution < -0.4 is 0 Å². The second kappa shape index (κ2) is 15.5. The smallest absolute Gasteiger partial charge is 0.0341 e. The van der Waals surface area contributed by atoms with Crippen LogP contribution in [-0.2, 0) is 0 Å². The van der Waals surface area contributed by atoms with Gasteiger partial charge in [-0.05, 0) is 102 Å². The molecule has 0 heteroatoms. The minimum Gasteiger partial charge on any atom is -0.0622 e. The summed E-state index contributed by atoms with van der Waals surface area (Å²) in [5.41, 5.74) is 18.1. The predicted octanol–water partition coefficient (Wildman–Crippen LogP) is 14.9. The van der Waals surface area contributed by atoms with Crippen LogP contribution >= 0.6 is 0 Å². The minimum absolute atomic E-state index is 0.0941. The molecule has 9 aromatic rings. The summed E-state index contributed by atoms with van der Waals surface area (Å²) in [4.78, 5) is 0. The molecule has 0 aromatic heterocycles. The summed E-state index contributed by atoms with van der Waals surface area (Å²) in [6.45, 7) is 0. The highest BCUT2D eigenvalue weighted by atomic mass is 14.3. The summed E-state index contributed by atoms with van der Waals surface area (Å²) in [7, 11) is 0. The van der Waals surface area contributed by atoms with E-state index in [1.54, 1.807) is 0 Å². The molecule has 0 nitrogen and oxygen atoms in total. The van der Waals surface area contributed by atoms with Gasteiger partial charge in [0.25, 0.3) is 0 Å². The standard InChI is InChI=1S/C55H40/c1-7-19-40(20-8-1)46-31-47(41-21-9-2-10-22-41)35-52(34-46)55(53-36-48(42-23-11-3-12-24-42)32-49(37-53)43-25-13-4-14-26-43)54-38-50(44-27-15-5-16-28-44)33-51(39-54)45-29-17-6-18-30-45/h1-39,55H. The minimum atomic E-state index is -0.0941. The number of hydrogen-bond acceptors (Lipinski definition) is 0. The molecular formula is C55H40. The van der Waals surface area contributed by atoms with Gasteiger partial charge in [-0.1, -0.05) is 218 Å². The molecule has 0 spiro atoms. The van der Waals surface area contributed by atoms with Crippen molar-refractivity contribution in [2.45, 2.75) is 5.92 Å². The first kappa shape index (κ1) is 33.8. The lowest BCUT2D eigenvalue weighted by Crippen LogP contribution is -2.06. The molecule has 9 rings (SSSR count). The molecule has 0 atom stereocenters. The molecule has 0 bridgehead atoms. The molecular weight excluding hydrogens is 661 g/mol. The quantitative estimate of drug-likeness (QED) is 0.132. The van der Waals surface area contributed by atoms with Crippen LogP contribution in [0.25, 0.3) is 66.8 Å². The highest BCUT2D eigenvalue weighted by Gasteiger charge is 2.23.